The smallest absolute Gasteiger partial charge is 0.329 e. The minimum atomic E-state index is -1.08. The predicted molar refractivity (Wildman–Crippen MR) is 84.7 cm³/mol. The number of carbonyl (C=O) groups is 1. The highest BCUT2D eigenvalue weighted by molar-refractivity contribution is 6.28. The van der Waals surface area contributed by atoms with Crippen LogP contribution in [-0.4, -0.2) is 38.6 Å². The lowest BCUT2D eigenvalue weighted by molar-refractivity contribution is -0.384. The topological polar surface area (TPSA) is 109 Å². The Balaban J connectivity index is 2.47. The van der Waals surface area contributed by atoms with E-state index in [-0.39, 0.29) is 29.4 Å². The van der Waals surface area contributed by atoms with E-state index in [1.165, 1.54) is 0 Å². The number of carboxylic acid groups (broad SMARTS) is 1. The van der Waals surface area contributed by atoms with Crippen molar-refractivity contribution in [2.45, 2.75) is 45.6 Å². The standard InChI is InChI=1S/C14H19ClN4O4/c1-14(2,12(20)21)8-18(9-5-3-4-6-9)11-10(19(22)23)7-16-13(15)17-11/h7,9H,3-6,8H2,1-2H3,(H,20,21). The van der Waals surface area contributed by atoms with Crippen LogP contribution in [0.4, 0.5) is 11.5 Å². The number of halogens is 1. The lowest BCUT2D eigenvalue weighted by Crippen LogP contribution is -2.44. The van der Waals surface area contributed by atoms with Crippen molar-refractivity contribution < 1.29 is 14.8 Å². The summed E-state index contributed by atoms with van der Waals surface area (Å²) in [6.45, 7) is 3.29. The predicted octanol–water partition coefficient (Wildman–Crippen LogP) is 2.90. The van der Waals surface area contributed by atoms with Gasteiger partial charge in [0, 0.05) is 12.6 Å². The molecule has 0 saturated heterocycles. The molecule has 1 aliphatic rings. The summed E-state index contributed by atoms with van der Waals surface area (Å²) >= 11 is 5.82. The molecule has 1 aromatic heterocycles. The number of hydrogen-bond acceptors (Lipinski definition) is 6. The molecule has 0 unspecified atom stereocenters. The maximum absolute atomic E-state index is 11.5. The largest absolute Gasteiger partial charge is 0.481 e. The number of nitrogens with zero attached hydrogens (tertiary/aromatic N) is 4. The highest BCUT2D eigenvalue weighted by atomic mass is 35.5. The van der Waals surface area contributed by atoms with Gasteiger partial charge >= 0.3 is 11.7 Å². The van der Waals surface area contributed by atoms with Gasteiger partial charge in [-0.1, -0.05) is 12.8 Å². The zero-order valence-electron chi connectivity index (χ0n) is 13.0. The van der Waals surface area contributed by atoms with Crippen LogP contribution in [0.1, 0.15) is 39.5 Å². The highest BCUT2D eigenvalue weighted by Crippen LogP contribution is 2.35. The summed E-state index contributed by atoms with van der Waals surface area (Å²) < 4.78 is 0. The summed E-state index contributed by atoms with van der Waals surface area (Å²) in [6, 6.07) is 0.0123. The molecular formula is C14H19ClN4O4. The Morgan fingerprint density at radius 3 is 2.65 bits per heavy atom. The average molecular weight is 343 g/mol. The summed E-state index contributed by atoms with van der Waals surface area (Å²) in [7, 11) is 0. The molecule has 0 atom stereocenters. The Morgan fingerprint density at radius 2 is 2.13 bits per heavy atom. The van der Waals surface area contributed by atoms with E-state index < -0.39 is 16.3 Å². The molecule has 0 aliphatic heterocycles. The molecular weight excluding hydrogens is 324 g/mol. The third-order valence-electron chi connectivity index (χ3n) is 4.10. The molecule has 1 heterocycles. The van der Waals surface area contributed by atoms with E-state index >= 15 is 0 Å². The Morgan fingerprint density at radius 1 is 1.52 bits per heavy atom. The molecule has 1 fully saturated rings. The second-order valence-corrected chi connectivity index (χ2v) is 6.70. The Kier molecular flexibility index (Phi) is 5.03. The fourth-order valence-electron chi connectivity index (χ4n) is 2.77. The van der Waals surface area contributed by atoms with E-state index in [1.807, 2.05) is 0 Å². The molecule has 8 nitrogen and oxygen atoms in total. The van der Waals surface area contributed by atoms with Gasteiger partial charge in [-0.3, -0.25) is 14.9 Å². The monoisotopic (exact) mass is 342 g/mol. The van der Waals surface area contributed by atoms with Crippen molar-refractivity contribution in [2.24, 2.45) is 5.41 Å². The first kappa shape index (κ1) is 17.4. The van der Waals surface area contributed by atoms with Crippen molar-refractivity contribution in [3.8, 4) is 0 Å². The Labute approximate surface area is 138 Å². The van der Waals surface area contributed by atoms with Crippen LogP contribution in [0, 0.1) is 15.5 Å². The maximum atomic E-state index is 11.5. The third-order valence-corrected chi connectivity index (χ3v) is 4.28. The van der Waals surface area contributed by atoms with Crippen LogP contribution in [0.15, 0.2) is 6.20 Å². The lowest BCUT2D eigenvalue weighted by atomic mass is 9.92. The molecule has 23 heavy (non-hydrogen) atoms. The maximum Gasteiger partial charge on any atom is 0.329 e. The number of nitro groups is 1. The van der Waals surface area contributed by atoms with Crippen LogP contribution in [0.2, 0.25) is 5.28 Å². The van der Waals surface area contributed by atoms with Crippen LogP contribution in [-0.2, 0) is 4.79 Å². The normalized spacial score (nSPS) is 15.6. The fraction of sp³-hybridized carbons (Fsp3) is 0.643. The van der Waals surface area contributed by atoms with E-state index in [9.17, 15) is 20.0 Å². The number of rotatable bonds is 6. The van der Waals surface area contributed by atoms with Gasteiger partial charge in [0.2, 0.25) is 11.1 Å². The summed E-state index contributed by atoms with van der Waals surface area (Å²) in [5.41, 5.74) is -1.34. The Hall–Kier alpha value is -1.96. The van der Waals surface area contributed by atoms with Gasteiger partial charge in [0.25, 0.3) is 0 Å². The molecule has 0 spiro atoms. The molecule has 1 aromatic rings. The second kappa shape index (κ2) is 6.66. The van der Waals surface area contributed by atoms with Gasteiger partial charge in [0.05, 0.1) is 10.3 Å². The van der Waals surface area contributed by atoms with Crippen molar-refractivity contribution in [3.05, 3.63) is 21.6 Å². The van der Waals surface area contributed by atoms with Crippen LogP contribution in [0.3, 0.4) is 0 Å². The Bertz CT molecular complexity index is 617. The van der Waals surface area contributed by atoms with Gasteiger partial charge in [-0.15, -0.1) is 0 Å². The molecule has 9 heteroatoms. The quantitative estimate of drug-likeness (QED) is 0.480. The highest BCUT2D eigenvalue weighted by Gasteiger charge is 2.37. The first-order chi connectivity index (χ1) is 10.7. The molecule has 1 aliphatic carbocycles. The van der Waals surface area contributed by atoms with Crippen molar-refractivity contribution in [1.29, 1.82) is 0 Å². The first-order valence-corrected chi connectivity index (χ1v) is 7.77. The lowest BCUT2D eigenvalue weighted by Gasteiger charge is -2.34. The van der Waals surface area contributed by atoms with E-state index in [1.54, 1.807) is 18.7 Å². The third kappa shape index (κ3) is 3.87. The number of aromatic nitrogens is 2. The summed E-state index contributed by atoms with van der Waals surface area (Å²) in [5.74, 6) is -0.875. The van der Waals surface area contributed by atoms with Crippen molar-refractivity contribution >= 4 is 29.1 Å². The molecule has 0 amide bonds. The zero-order chi connectivity index (χ0) is 17.2. The molecule has 0 aromatic carbocycles. The van der Waals surface area contributed by atoms with Crippen LogP contribution >= 0.6 is 11.6 Å². The van der Waals surface area contributed by atoms with Gasteiger partial charge in [0.1, 0.15) is 6.20 Å². The molecule has 1 N–H and O–H groups in total. The molecule has 0 radical (unpaired) electrons. The van der Waals surface area contributed by atoms with Gasteiger partial charge in [-0.25, -0.2) is 4.98 Å². The molecule has 1 saturated carbocycles. The fourth-order valence-corrected chi connectivity index (χ4v) is 2.90. The van der Waals surface area contributed by atoms with Crippen LogP contribution < -0.4 is 4.90 Å². The average Bonchev–Trinajstić information content (AvgIpc) is 2.98. The van der Waals surface area contributed by atoms with Crippen molar-refractivity contribution in [2.75, 3.05) is 11.4 Å². The molecule has 126 valence electrons. The SMILES string of the molecule is CC(C)(CN(c1nc(Cl)ncc1[N+](=O)[O-])C1CCCC1)C(=O)O. The van der Waals surface area contributed by atoms with Crippen molar-refractivity contribution in [3.63, 3.8) is 0 Å². The van der Waals surface area contributed by atoms with E-state index in [2.05, 4.69) is 9.97 Å². The summed E-state index contributed by atoms with van der Waals surface area (Å²) in [6.07, 6.45) is 4.76. The van der Waals surface area contributed by atoms with E-state index in [0.717, 1.165) is 31.9 Å². The van der Waals surface area contributed by atoms with Crippen molar-refractivity contribution in [1.82, 2.24) is 9.97 Å². The van der Waals surface area contributed by atoms with Gasteiger partial charge in [0.15, 0.2) is 0 Å². The van der Waals surface area contributed by atoms with Gasteiger partial charge in [-0.05, 0) is 38.3 Å². The first-order valence-electron chi connectivity index (χ1n) is 7.39. The zero-order valence-corrected chi connectivity index (χ0v) is 13.8. The molecule has 2 rings (SSSR count). The van der Waals surface area contributed by atoms with E-state index in [0.29, 0.717) is 0 Å². The van der Waals surface area contributed by atoms with Crippen LogP contribution in [0.25, 0.3) is 0 Å². The van der Waals surface area contributed by atoms with Gasteiger partial charge < -0.3 is 10.0 Å². The number of carboxylic acids is 1. The number of anilines is 1. The van der Waals surface area contributed by atoms with Crippen LogP contribution in [0.5, 0.6) is 0 Å². The van der Waals surface area contributed by atoms with Gasteiger partial charge in [-0.2, -0.15) is 4.98 Å². The number of hydrogen-bond donors (Lipinski definition) is 1. The minimum Gasteiger partial charge on any atom is -0.481 e. The number of aliphatic carboxylic acids is 1. The summed E-state index contributed by atoms with van der Waals surface area (Å²) in [5, 5.41) is 20.6. The molecule has 0 bridgehead atoms. The van der Waals surface area contributed by atoms with E-state index in [4.69, 9.17) is 11.6 Å². The second-order valence-electron chi connectivity index (χ2n) is 6.36. The minimum absolute atomic E-state index is 0.0123. The summed E-state index contributed by atoms with van der Waals surface area (Å²) in [4.78, 5) is 31.6.